The van der Waals surface area contributed by atoms with Crippen LogP contribution in [0.4, 0.5) is 10.2 Å². The van der Waals surface area contributed by atoms with Crippen LogP contribution >= 0.6 is 11.6 Å². The number of hydrogen-bond acceptors (Lipinski definition) is 5. The predicted molar refractivity (Wildman–Crippen MR) is 118 cm³/mol. The first-order valence-electron chi connectivity index (χ1n) is 9.99. The first-order valence-corrected chi connectivity index (χ1v) is 10.4. The Morgan fingerprint density at radius 3 is 2.42 bits per heavy atom. The third kappa shape index (κ3) is 4.77. The standard InChI is InChI=1S/C23H22ClFN4O2/c1-15-6-8-17(9-7-15)31-21-14-20(26-16(2)27-21)28-10-12-29(13-11-28)23(30)22-18(24)4-3-5-19(22)25/h3-9,14H,10-13H2,1-2H3. The molecular formula is C23H22ClFN4O2. The molecule has 4 rings (SSSR count). The van der Waals surface area contributed by atoms with Gasteiger partial charge in [-0.15, -0.1) is 0 Å². The second kappa shape index (κ2) is 8.89. The van der Waals surface area contributed by atoms with Crippen molar-refractivity contribution in [2.45, 2.75) is 13.8 Å². The Kier molecular flexibility index (Phi) is 6.04. The fourth-order valence-corrected chi connectivity index (χ4v) is 3.71. The summed E-state index contributed by atoms with van der Waals surface area (Å²) in [5.74, 6) is 1.48. The number of aryl methyl sites for hydroxylation is 2. The van der Waals surface area contributed by atoms with Gasteiger partial charge in [-0.2, -0.15) is 4.98 Å². The van der Waals surface area contributed by atoms with E-state index in [0.717, 1.165) is 11.4 Å². The Bertz CT molecular complexity index is 1080. The number of nitrogens with zero attached hydrogens (tertiary/aromatic N) is 4. The number of ether oxygens (including phenoxy) is 1. The normalized spacial score (nSPS) is 13.9. The van der Waals surface area contributed by atoms with E-state index in [1.807, 2.05) is 38.1 Å². The molecule has 6 nitrogen and oxygen atoms in total. The van der Waals surface area contributed by atoms with Gasteiger partial charge in [-0.05, 0) is 38.1 Å². The van der Waals surface area contributed by atoms with E-state index in [2.05, 4.69) is 14.9 Å². The highest BCUT2D eigenvalue weighted by molar-refractivity contribution is 6.33. The molecule has 0 bridgehead atoms. The SMILES string of the molecule is Cc1ccc(Oc2cc(N3CCN(C(=O)c4c(F)cccc4Cl)CC3)nc(C)n2)cc1. The highest BCUT2D eigenvalue weighted by Crippen LogP contribution is 2.26. The fourth-order valence-electron chi connectivity index (χ4n) is 3.47. The van der Waals surface area contributed by atoms with E-state index in [9.17, 15) is 9.18 Å². The summed E-state index contributed by atoms with van der Waals surface area (Å²) in [5, 5.41) is 0.122. The minimum atomic E-state index is -0.607. The maximum absolute atomic E-state index is 14.1. The molecule has 0 N–H and O–H groups in total. The summed E-state index contributed by atoms with van der Waals surface area (Å²) in [4.78, 5) is 25.3. The van der Waals surface area contributed by atoms with Crippen molar-refractivity contribution < 1.29 is 13.9 Å². The molecule has 1 aliphatic heterocycles. The van der Waals surface area contributed by atoms with E-state index in [1.54, 1.807) is 11.0 Å². The van der Waals surface area contributed by atoms with Gasteiger partial charge < -0.3 is 14.5 Å². The van der Waals surface area contributed by atoms with Crippen molar-refractivity contribution >= 4 is 23.3 Å². The molecule has 0 saturated carbocycles. The van der Waals surface area contributed by atoms with E-state index in [0.29, 0.717) is 43.6 Å². The Labute approximate surface area is 185 Å². The molecular weight excluding hydrogens is 419 g/mol. The second-order valence-electron chi connectivity index (χ2n) is 7.40. The van der Waals surface area contributed by atoms with Crippen LogP contribution in [-0.2, 0) is 0 Å². The summed E-state index contributed by atoms with van der Waals surface area (Å²) in [7, 11) is 0. The minimum absolute atomic E-state index is 0.0794. The van der Waals surface area contributed by atoms with Crippen molar-refractivity contribution in [1.82, 2.24) is 14.9 Å². The van der Waals surface area contributed by atoms with Crippen LogP contribution in [-0.4, -0.2) is 47.0 Å². The van der Waals surface area contributed by atoms with Crippen LogP contribution in [0, 0.1) is 19.7 Å². The Morgan fingerprint density at radius 2 is 1.74 bits per heavy atom. The number of hydrogen-bond donors (Lipinski definition) is 0. The average molecular weight is 441 g/mol. The lowest BCUT2D eigenvalue weighted by Gasteiger charge is -2.35. The maximum Gasteiger partial charge on any atom is 0.258 e. The highest BCUT2D eigenvalue weighted by Gasteiger charge is 2.26. The maximum atomic E-state index is 14.1. The number of rotatable bonds is 4. The molecule has 1 fully saturated rings. The van der Waals surface area contributed by atoms with Crippen LogP contribution in [0.25, 0.3) is 0 Å². The zero-order valence-electron chi connectivity index (χ0n) is 17.3. The molecule has 0 spiro atoms. The number of aromatic nitrogens is 2. The van der Waals surface area contributed by atoms with Crippen LogP contribution in [0.3, 0.4) is 0 Å². The van der Waals surface area contributed by atoms with E-state index in [4.69, 9.17) is 16.3 Å². The second-order valence-corrected chi connectivity index (χ2v) is 7.81. The lowest BCUT2D eigenvalue weighted by molar-refractivity contribution is 0.0742. The van der Waals surface area contributed by atoms with Crippen molar-refractivity contribution in [3.63, 3.8) is 0 Å². The number of carbonyl (C=O) groups excluding carboxylic acids is 1. The molecule has 0 unspecified atom stereocenters. The van der Waals surface area contributed by atoms with Crippen molar-refractivity contribution in [1.29, 1.82) is 0 Å². The molecule has 0 aliphatic carbocycles. The molecule has 160 valence electrons. The lowest BCUT2D eigenvalue weighted by Crippen LogP contribution is -2.49. The topological polar surface area (TPSA) is 58.6 Å². The lowest BCUT2D eigenvalue weighted by atomic mass is 10.1. The van der Waals surface area contributed by atoms with Crippen LogP contribution in [0.5, 0.6) is 11.6 Å². The summed E-state index contributed by atoms with van der Waals surface area (Å²) in [6.07, 6.45) is 0. The van der Waals surface area contributed by atoms with E-state index < -0.39 is 11.7 Å². The Balaban J connectivity index is 1.45. The third-order valence-electron chi connectivity index (χ3n) is 5.11. The quantitative estimate of drug-likeness (QED) is 0.591. The fraction of sp³-hybridized carbons (Fsp3) is 0.261. The third-order valence-corrected chi connectivity index (χ3v) is 5.43. The number of amides is 1. The van der Waals surface area contributed by atoms with Crippen LogP contribution < -0.4 is 9.64 Å². The van der Waals surface area contributed by atoms with Crippen LogP contribution in [0.1, 0.15) is 21.7 Å². The van der Waals surface area contributed by atoms with Gasteiger partial charge in [0.25, 0.3) is 5.91 Å². The van der Waals surface area contributed by atoms with Gasteiger partial charge in [-0.25, -0.2) is 9.37 Å². The van der Waals surface area contributed by atoms with Gasteiger partial charge >= 0.3 is 0 Å². The predicted octanol–water partition coefficient (Wildman–Crippen LogP) is 4.64. The van der Waals surface area contributed by atoms with Gasteiger partial charge in [-0.1, -0.05) is 35.4 Å². The van der Waals surface area contributed by atoms with E-state index >= 15 is 0 Å². The van der Waals surface area contributed by atoms with Gasteiger partial charge in [0, 0.05) is 32.2 Å². The summed E-state index contributed by atoms with van der Waals surface area (Å²) < 4.78 is 20.0. The molecule has 3 aromatic rings. The van der Waals surface area contributed by atoms with Gasteiger partial charge in [0.1, 0.15) is 23.2 Å². The summed E-state index contributed by atoms with van der Waals surface area (Å²) in [5.41, 5.74) is 1.07. The smallest absolute Gasteiger partial charge is 0.258 e. The number of halogens is 2. The zero-order chi connectivity index (χ0) is 22.0. The van der Waals surface area contributed by atoms with E-state index in [1.165, 1.54) is 18.2 Å². The molecule has 2 heterocycles. The molecule has 0 atom stereocenters. The van der Waals surface area contributed by atoms with Gasteiger partial charge in [0.15, 0.2) is 0 Å². The number of piperazine rings is 1. The monoisotopic (exact) mass is 440 g/mol. The van der Waals surface area contributed by atoms with Crippen molar-refractivity contribution in [2.75, 3.05) is 31.1 Å². The molecule has 1 aromatic heterocycles. The largest absolute Gasteiger partial charge is 0.439 e. The summed E-state index contributed by atoms with van der Waals surface area (Å²) in [6, 6.07) is 13.8. The molecule has 1 aliphatic rings. The highest BCUT2D eigenvalue weighted by atomic mass is 35.5. The van der Waals surface area contributed by atoms with Gasteiger partial charge in [0.05, 0.1) is 10.6 Å². The van der Waals surface area contributed by atoms with Crippen molar-refractivity contribution in [3.05, 3.63) is 76.3 Å². The summed E-state index contributed by atoms with van der Waals surface area (Å²) >= 11 is 6.05. The Morgan fingerprint density at radius 1 is 1.03 bits per heavy atom. The molecule has 1 amide bonds. The first kappa shape index (κ1) is 21.1. The molecule has 0 radical (unpaired) electrons. The molecule has 1 saturated heterocycles. The molecule has 8 heteroatoms. The van der Waals surface area contributed by atoms with Gasteiger partial charge in [0.2, 0.25) is 5.88 Å². The van der Waals surface area contributed by atoms with Crippen LogP contribution in [0.2, 0.25) is 5.02 Å². The average Bonchev–Trinajstić information content (AvgIpc) is 2.75. The molecule has 2 aromatic carbocycles. The summed E-state index contributed by atoms with van der Waals surface area (Å²) in [6.45, 7) is 5.80. The zero-order valence-corrected chi connectivity index (χ0v) is 18.1. The Hall–Kier alpha value is -3.19. The number of benzene rings is 2. The molecule has 31 heavy (non-hydrogen) atoms. The van der Waals surface area contributed by atoms with Crippen molar-refractivity contribution in [2.24, 2.45) is 0 Å². The van der Waals surface area contributed by atoms with E-state index in [-0.39, 0.29) is 10.6 Å². The van der Waals surface area contributed by atoms with Crippen molar-refractivity contribution in [3.8, 4) is 11.6 Å². The first-order chi connectivity index (χ1) is 14.9. The minimum Gasteiger partial charge on any atom is -0.439 e. The van der Waals surface area contributed by atoms with Gasteiger partial charge in [-0.3, -0.25) is 4.79 Å². The number of anilines is 1. The number of carbonyl (C=O) groups is 1. The van der Waals surface area contributed by atoms with Crippen LogP contribution in [0.15, 0.2) is 48.5 Å².